The van der Waals surface area contributed by atoms with Gasteiger partial charge < -0.3 is 10.1 Å². The smallest absolute Gasteiger partial charge is 0.278 e. The zero-order chi connectivity index (χ0) is 19.0. The summed E-state index contributed by atoms with van der Waals surface area (Å²) >= 11 is 3.44. The maximum Gasteiger partial charge on any atom is 0.278 e. The van der Waals surface area contributed by atoms with Gasteiger partial charge in [-0.3, -0.25) is 4.79 Å². The summed E-state index contributed by atoms with van der Waals surface area (Å²) in [6, 6.07) is 11.7. The van der Waals surface area contributed by atoms with Gasteiger partial charge in [0.25, 0.3) is 5.91 Å². The third-order valence-electron chi connectivity index (χ3n) is 4.47. The molecule has 1 N–H and O–H groups in total. The van der Waals surface area contributed by atoms with Crippen LogP contribution in [0.5, 0.6) is 0 Å². The van der Waals surface area contributed by atoms with E-state index in [9.17, 15) is 9.18 Å². The van der Waals surface area contributed by atoms with Crippen molar-refractivity contribution in [2.45, 2.75) is 26.2 Å². The fourth-order valence-electron chi connectivity index (χ4n) is 2.98. The van der Waals surface area contributed by atoms with Gasteiger partial charge in [0.15, 0.2) is 5.69 Å². The van der Waals surface area contributed by atoms with Crippen LogP contribution in [0.25, 0.3) is 0 Å². The number of nitrogens with one attached hydrogen (secondary N) is 1. The van der Waals surface area contributed by atoms with Crippen molar-refractivity contribution in [2.75, 3.05) is 5.32 Å². The molecular formula is C19H16BrFN4O2. The van der Waals surface area contributed by atoms with Gasteiger partial charge in [0.2, 0.25) is 0 Å². The molecule has 0 fully saturated rings. The molecule has 0 saturated heterocycles. The van der Waals surface area contributed by atoms with Crippen LogP contribution in [0.1, 0.15) is 33.4 Å². The minimum atomic E-state index is -0.332. The molecule has 138 valence electrons. The lowest BCUT2D eigenvalue weighted by Gasteiger charge is -2.24. The molecule has 1 aromatic heterocycles. The standard InChI is InChI=1S/C19H16BrFN4O2/c1-11-8-14(6-7-15(11)20)22-19(26)18-16-10-27-17(9-25(16)24-23-18)12-2-4-13(21)5-3-12/h2-8,17H,9-10H2,1H3,(H,22,26)/t17-/m0/s1. The largest absolute Gasteiger partial charge is 0.365 e. The maximum absolute atomic E-state index is 13.1. The van der Waals surface area contributed by atoms with Crippen molar-refractivity contribution in [1.29, 1.82) is 0 Å². The van der Waals surface area contributed by atoms with Gasteiger partial charge in [-0.05, 0) is 48.4 Å². The second kappa shape index (κ2) is 7.21. The van der Waals surface area contributed by atoms with Crippen LogP contribution in [0, 0.1) is 12.7 Å². The molecule has 0 radical (unpaired) electrons. The van der Waals surface area contributed by atoms with Crippen molar-refractivity contribution in [3.8, 4) is 0 Å². The monoisotopic (exact) mass is 430 g/mol. The number of aromatic nitrogens is 3. The second-order valence-corrected chi connectivity index (χ2v) is 7.19. The predicted molar refractivity (Wildman–Crippen MR) is 101 cm³/mol. The number of hydrogen-bond acceptors (Lipinski definition) is 4. The minimum absolute atomic E-state index is 0.206. The van der Waals surface area contributed by atoms with Crippen LogP contribution in [-0.4, -0.2) is 20.9 Å². The third kappa shape index (κ3) is 3.63. The minimum Gasteiger partial charge on any atom is -0.365 e. The van der Waals surface area contributed by atoms with Gasteiger partial charge in [0, 0.05) is 10.2 Å². The van der Waals surface area contributed by atoms with E-state index in [4.69, 9.17) is 4.74 Å². The van der Waals surface area contributed by atoms with E-state index in [1.54, 1.807) is 16.8 Å². The van der Waals surface area contributed by atoms with Gasteiger partial charge in [0.05, 0.1) is 18.8 Å². The Bertz CT molecular complexity index is 1000. The Hall–Kier alpha value is -2.58. The van der Waals surface area contributed by atoms with E-state index < -0.39 is 0 Å². The lowest BCUT2D eigenvalue weighted by molar-refractivity contribution is -0.00174. The van der Waals surface area contributed by atoms with Crippen molar-refractivity contribution in [2.24, 2.45) is 0 Å². The van der Waals surface area contributed by atoms with E-state index in [0.29, 0.717) is 17.9 Å². The summed E-state index contributed by atoms with van der Waals surface area (Å²) in [6.45, 7) is 2.57. The zero-order valence-corrected chi connectivity index (χ0v) is 16.0. The highest BCUT2D eigenvalue weighted by Crippen LogP contribution is 2.27. The molecule has 0 bridgehead atoms. The Morgan fingerprint density at radius 1 is 1.30 bits per heavy atom. The molecule has 0 spiro atoms. The fraction of sp³-hybridized carbons (Fsp3) is 0.211. The van der Waals surface area contributed by atoms with Crippen LogP contribution in [0.3, 0.4) is 0 Å². The number of nitrogens with zero attached hydrogens (tertiary/aromatic N) is 3. The first-order valence-corrected chi connectivity index (χ1v) is 9.17. The summed E-state index contributed by atoms with van der Waals surface area (Å²) < 4.78 is 21.6. The van der Waals surface area contributed by atoms with E-state index >= 15 is 0 Å². The Kier molecular flexibility index (Phi) is 4.75. The van der Waals surface area contributed by atoms with Crippen LogP contribution in [-0.2, 0) is 17.9 Å². The number of aryl methyl sites for hydroxylation is 1. The number of halogens is 2. The number of carbonyl (C=O) groups is 1. The second-order valence-electron chi connectivity index (χ2n) is 6.34. The van der Waals surface area contributed by atoms with Crippen LogP contribution >= 0.6 is 15.9 Å². The van der Waals surface area contributed by atoms with Gasteiger partial charge in [-0.25, -0.2) is 9.07 Å². The molecule has 1 atom stereocenters. The maximum atomic E-state index is 13.1. The highest BCUT2D eigenvalue weighted by Gasteiger charge is 2.27. The molecule has 2 heterocycles. The number of benzene rings is 2. The number of ether oxygens (including phenoxy) is 1. The van der Waals surface area contributed by atoms with Gasteiger partial charge in [-0.2, -0.15) is 0 Å². The molecule has 0 aliphatic carbocycles. The predicted octanol–water partition coefficient (Wildman–Crippen LogP) is 4.01. The molecule has 1 amide bonds. The van der Waals surface area contributed by atoms with Crippen LogP contribution in [0.4, 0.5) is 10.1 Å². The van der Waals surface area contributed by atoms with Crippen LogP contribution in [0.15, 0.2) is 46.9 Å². The molecule has 0 unspecified atom stereocenters. The number of amides is 1. The highest BCUT2D eigenvalue weighted by atomic mass is 79.9. The summed E-state index contributed by atoms with van der Waals surface area (Å²) in [7, 11) is 0. The average Bonchev–Trinajstić information content (AvgIpc) is 3.08. The topological polar surface area (TPSA) is 69.0 Å². The lowest BCUT2D eigenvalue weighted by Crippen LogP contribution is -2.24. The molecule has 0 saturated carbocycles. The Labute approximate surface area is 163 Å². The highest BCUT2D eigenvalue weighted by molar-refractivity contribution is 9.10. The molecule has 2 aromatic carbocycles. The third-order valence-corrected chi connectivity index (χ3v) is 5.36. The number of fused-ring (bicyclic) bond motifs is 1. The molecule has 6 nitrogen and oxygen atoms in total. The Morgan fingerprint density at radius 3 is 2.81 bits per heavy atom. The van der Waals surface area contributed by atoms with E-state index in [1.165, 1.54) is 12.1 Å². The van der Waals surface area contributed by atoms with Crippen LogP contribution in [0.2, 0.25) is 0 Å². The average molecular weight is 431 g/mol. The summed E-state index contributed by atoms with van der Waals surface area (Å²) in [6.07, 6.45) is -0.259. The number of rotatable bonds is 3. The van der Waals surface area contributed by atoms with E-state index in [-0.39, 0.29) is 30.1 Å². The molecule has 1 aliphatic rings. The first kappa shape index (κ1) is 17.8. The van der Waals surface area contributed by atoms with Crippen molar-refractivity contribution < 1.29 is 13.9 Å². The first-order chi connectivity index (χ1) is 13.0. The number of hydrogen-bond donors (Lipinski definition) is 1. The number of anilines is 1. The van der Waals surface area contributed by atoms with Crippen molar-refractivity contribution >= 4 is 27.5 Å². The summed E-state index contributed by atoms with van der Waals surface area (Å²) in [5.41, 5.74) is 3.42. The zero-order valence-electron chi connectivity index (χ0n) is 14.4. The molecule has 27 heavy (non-hydrogen) atoms. The lowest BCUT2D eigenvalue weighted by atomic mass is 10.1. The summed E-state index contributed by atoms with van der Waals surface area (Å²) in [4.78, 5) is 12.6. The summed E-state index contributed by atoms with van der Waals surface area (Å²) in [5.74, 6) is -0.625. The fourth-order valence-corrected chi connectivity index (χ4v) is 3.23. The molecule has 1 aliphatic heterocycles. The first-order valence-electron chi connectivity index (χ1n) is 8.38. The quantitative estimate of drug-likeness (QED) is 0.681. The van der Waals surface area contributed by atoms with Gasteiger partial charge in [-0.15, -0.1) is 5.10 Å². The van der Waals surface area contributed by atoms with Crippen molar-refractivity contribution in [1.82, 2.24) is 15.0 Å². The van der Waals surface area contributed by atoms with Crippen LogP contribution < -0.4 is 5.32 Å². The molecule has 3 aromatic rings. The van der Waals surface area contributed by atoms with Gasteiger partial charge in [0.1, 0.15) is 11.9 Å². The Balaban J connectivity index is 1.51. The molecule has 8 heteroatoms. The normalized spacial score (nSPS) is 16.0. The van der Waals surface area contributed by atoms with Gasteiger partial charge >= 0.3 is 0 Å². The van der Waals surface area contributed by atoms with Crippen molar-refractivity contribution in [3.63, 3.8) is 0 Å². The van der Waals surface area contributed by atoms with E-state index in [1.807, 2.05) is 25.1 Å². The molecular weight excluding hydrogens is 415 g/mol. The van der Waals surface area contributed by atoms with Gasteiger partial charge in [-0.1, -0.05) is 33.3 Å². The Morgan fingerprint density at radius 2 is 2.07 bits per heavy atom. The number of carbonyl (C=O) groups excluding carboxylic acids is 1. The molecule has 4 rings (SSSR count). The van der Waals surface area contributed by atoms with E-state index in [2.05, 4.69) is 31.6 Å². The van der Waals surface area contributed by atoms with Crippen molar-refractivity contribution in [3.05, 3.63) is 75.3 Å². The SMILES string of the molecule is Cc1cc(NC(=O)c2nnn3c2CO[C@H](c2ccc(F)cc2)C3)ccc1Br. The van der Waals surface area contributed by atoms with E-state index in [0.717, 1.165) is 15.6 Å². The summed E-state index contributed by atoms with van der Waals surface area (Å²) in [5, 5.41) is 11.0.